The van der Waals surface area contributed by atoms with Crippen LogP contribution in [0.5, 0.6) is 5.88 Å². The molecule has 4 rings (SSSR count). The molecular formula is C22H22N4O2. The molecule has 6 nitrogen and oxygen atoms in total. The van der Waals surface area contributed by atoms with Crippen molar-refractivity contribution in [2.24, 2.45) is 0 Å². The quantitative estimate of drug-likeness (QED) is 0.710. The van der Waals surface area contributed by atoms with Crippen molar-refractivity contribution < 1.29 is 9.53 Å². The van der Waals surface area contributed by atoms with Gasteiger partial charge in [-0.1, -0.05) is 0 Å². The molecule has 0 atom stereocenters. The first-order valence-corrected chi connectivity index (χ1v) is 9.54. The van der Waals surface area contributed by atoms with Gasteiger partial charge in [0.2, 0.25) is 5.88 Å². The maximum absolute atomic E-state index is 12.4. The van der Waals surface area contributed by atoms with E-state index in [0.29, 0.717) is 18.0 Å². The summed E-state index contributed by atoms with van der Waals surface area (Å²) in [4.78, 5) is 25.1. The predicted octanol–water partition coefficient (Wildman–Crippen LogP) is 3.79. The summed E-state index contributed by atoms with van der Waals surface area (Å²) < 4.78 is 5.84. The van der Waals surface area contributed by atoms with Crippen LogP contribution in [0, 0.1) is 0 Å². The monoisotopic (exact) mass is 374 g/mol. The number of aromatic nitrogens is 3. The third-order valence-corrected chi connectivity index (χ3v) is 4.84. The van der Waals surface area contributed by atoms with Crippen molar-refractivity contribution in [3.8, 4) is 17.1 Å². The van der Waals surface area contributed by atoms with Crippen LogP contribution in [0.15, 0.2) is 61.2 Å². The van der Waals surface area contributed by atoms with Crippen LogP contribution in [0.1, 0.15) is 41.6 Å². The number of hydrogen-bond acceptors (Lipinski definition) is 5. The fourth-order valence-corrected chi connectivity index (χ4v) is 3.31. The third kappa shape index (κ3) is 4.52. The largest absolute Gasteiger partial charge is 0.474 e. The van der Waals surface area contributed by atoms with Crippen molar-refractivity contribution in [1.82, 2.24) is 20.3 Å². The van der Waals surface area contributed by atoms with Crippen LogP contribution < -0.4 is 10.1 Å². The first-order valence-electron chi connectivity index (χ1n) is 9.54. The molecule has 0 aromatic carbocycles. The van der Waals surface area contributed by atoms with E-state index in [9.17, 15) is 4.79 Å². The van der Waals surface area contributed by atoms with E-state index < -0.39 is 0 Å². The van der Waals surface area contributed by atoms with E-state index in [2.05, 4.69) is 20.3 Å². The molecule has 3 heterocycles. The normalized spacial score (nSPS) is 14.0. The topological polar surface area (TPSA) is 77.0 Å². The Morgan fingerprint density at radius 3 is 2.61 bits per heavy atom. The molecule has 142 valence electrons. The number of ether oxygens (including phenoxy) is 1. The molecule has 0 radical (unpaired) electrons. The van der Waals surface area contributed by atoms with Crippen molar-refractivity contribution in [2.75, 3.05) is 0 Å². The molecule has 3 aromatic heterocycles. The van der Waals surface area contributed by atoms with E-state index in [1.54, 1.807) is 36.9 Å². The molecule has 28 heavy (non-hydrogen) atoms. The minimum atomic E-state index is -0.165. The highest BCUT2D eigenvalue weighted by Crippen LogP contribution is 2.23. The molecular weight excluding hydrogens is 352 g/mol. The van der Waals surface area contributed by atoms with Crippen molar-refractivity contribution in [2.45, 2.75) is 38.3 Å². The molecule has 1 amide bonds. The Bertz CT molecular complexity index is 923. The highest BCUT2D eigenvalue weighted by atomic mass is 16.5. The van der Waals surface area contributed by atoms with Crippen LogP contribution in [-0.4, -0.2) is 27.0 Å². The van der Waals surface area contributed by atoms with Gasteiger partial charge in [0.15, 0.2) is 0 Å². The maximum Gasteiger partial charge on any atom is 0.253 e. The van der Waals surface area contributed by atoms with Gasteiger partial charge < -0.3 is 10.1 Å². The second-order valence-corrected chi connectivity index (χ2v) is 6.88. The number of rotatable bonds is 6. The van der Waals surface area contributed by atoms with Gasteiger partial charge in [-0.25, -0.2) is 4.98 Å². The molecule has 0 unspecified atom stereocenters. The SMILES string of the molecule is O=C(NCc1ccnc(-c2ccncc2)c1)c1ccc(OC2CCCC2)nc1. The first kappa shape index (κ1) is 18.1. The lowest BCUT2D eigenvalue weighted by atomic mass is 10.1. The van der Waals surface area contributed by atoms with Crippen LogP contribution in [0.25, 0.3) is 11.3 Å². The lowest BCUT2D eigenvalue weighted by Gasteiger charge is -2.12. The number of carbonyl (C=O) groups is 1. The van der Waals surface area contributed by atoms with E-state index in [4.69, 9.17) is 4.74 Å². The highest BCUT2D eigenvalue weighted by molar-refractivity contribution is 5.93. The Balaban J connectivity index is 1.35. The Kier molecular flexibility index (Phi) is 5.56. The zero-order chi connectivity index (χ0) is 19.2. The van der Waals surface area contributed by atoms with Crippen molar-refractivity contribution >= 4 is 5.91 Å². The molecule has 1 N–H and O–H groups in total. The Morgan fingerprint density at radius 2 is 1.86 bits per heavy atom. The fourth-order valence-electron chi connectivity index (χ4n) is 3.31. The first-order chi connectivity index (χ1) is 13.8. The number of nitrogens with one attached hydrogen (secondary N) is 1. The molecule has 1 fully saturated rings. The van der Waals surface area contributed by atoms with E-state index in [-0.39, 0.29) is 12.0 Å². The van der Waals surface area contributed by atoms with Crippen LogP contribution in [0.2, 0.25) is 0 Å². The van der Waals surface area contributed by atoms with Crippen molar-refractivity contribution in [1.29, 1.82) is 0 Å². The number of pyridine rings is 3. The maximum atomic E-state index is 12.4. The Hall–Kier alpha value is -3.28. The van der Waals surface area contributed by atoms with Gasteiger partial charge in [0.25, 0.3) is 5.91 Å². The average Bonchev–Trinajstić information content (AvgIpc) is 3.26. The van der Waals surface area contributed by atoms with Crippen LogP contribution in [0.4, 0.5) is 0 Å². The summed E-state index contributed by atoms with van der Waals surface area (Å²) in [5.41, 5.74) is 3.33. The van der Waals surface area contributed by atoms with Crippen LogP contribution in [0.3, 0.4) is 0 Å². The van der Waals surface area contributed by atoms with Crippen LogP contribution >= 0.6 is 0 Å². The molecule has 6 heteroatoms. The summed E-state index contributed by atoms with van der Waals surface area (Å²) >= 11 is 0. The summed E-state index contributed by atoms with van der Waals surface area (Å²) in [5, 5.41) is 2.93. The summed E-state index contributed by atoms with van der Waals surface area (Å²) in [5.74, 6) is 0.418. The molecule has 0 spiro atoms. The van der Waals surface area contributed by atoms with Gasteiger partial charge in [0.05, 0.1) is 11.3 Å². The number of nitrogens with zero attached hydrogens (tertiary/aromatic N) is 3. The molecule has 1 saturated carbocycles. The van der Waals surface area contributed by atoms with Gasteiger partial charge in [-0.05, 0) is 61.6 Å². The number of amides is 1. The van der Waals surface area contributed by atoms with Gasteiger partial charge in [0.1, 0.15) is 6.10 Å². The van der Waals surface area contributed by atoms with E-state index in [0.717, 1.165) is 29.7 Å². The highest BCUT2D eigenvalue weighted by Gasteiger charge is 2.17. The fraction of sp³-hybridized carbons (Fsp3) is 0.273. The van der Waals surface area contributed by atoms with Crippen LogP contribution in [-0.2, 0) is 6.54 Å². The van der Waals surface area contributed by atoms with E-state index in [1.807, 2.05) is 24.3 Å². The summed E-state index contributed by atoms with van der Waals surface area (Å²) in [7, 11) is 0. The molecule has 0 aliphatic heterocycles. The van der Waals surface area contributed by atoms with Gasteiger partial charge in [0, 0.05) is 43.0 Å². The molecule has 1 aliphatic rings. The zero-order valence-corrected chi connectivity index (χ0v) is 15.5. The van der Waals surface area contributed by atoms with Gasteiger partial charge >= 0.3 is 0 Å². The van der Waals surface area contributed by atoms with E-state index in [1.165, 1.54) is 12.8 Å². The van der Waals surface area contributed by atoms with Gasteiger partial charge in [-0.15, -0.1) is 0 Å². The lowest BCUT2D eigenvalue weighted by Crippen LogP contribution is -2.23. The standard InChI is InChI=1S/C22H22N4O2/c27-22(18-5-6-21(25-15-18)28-19-3-1-2-4-19)26-14-16-7-12-24-20(13-16)17-8-10-23-11-9-17/h5-13,15,19H,1-4,14H2,(H,26,27). The van der Waals surface area contributed by atoms with Crippen molar-refractivity contribution in [3.63, 3.8) is 0 Å². The lowest BCUT2D eigenvalue weighted by molar-refractivity contribution is 0.0950. The molecule has 0 bridgehead atoms. The van der Waals surface area contributed by atoms with Gasteiger partial charge in [-0.2, -0.15) is 0 Å². The minimum absolute atomic E-state index is 0.165. The van der Waals surface area contributed by atoms with Crippen molar-refractivity contribution in [3.05, 3.63) is 72.3 Å². The van der Waals surface area contributed by atoms with E-state index >= 15 is 0 Å². The smallest absolute Gasteiger partial charge is 0.253 e. The Labute approximate surface area is 164 Å². The average molecular weight is 374 g/mol. The molecule has 0 saturated heterocycles. The molecule has 3 aromatic rings. The summed E-state index contributed by atoms with van der Waals surface area (Å²) in [6.45, 7) is 0.416. The minimum Gasteiger partial charge on any atom is -0.474 e. The Morgan fingerprint density at radius 1 is 1.04 bits per heavy atom. The molecule has 1 aliphatic carbocycles. The second-order valence-electron chi connectivity index (χ2n) is 6.88. The third-order valence-electron chi connectivity index (χ3n) is 4.84. The summed E-state index contributed by atoms with van der Waals surface area (Å²) in [6, 6.07) is 11.2. The predicted molar refractivity (Wildman–Crippen MR) is 106 cm³/mol. The zero-order valence-electron chi connectivity index (χ0n) is 15.5. The number of carbonyl (C=O) groups excluding carboxylic acids is 1. The number of hydrogen-bond donors (Lipinski definition) is 1. The summed E-state index contributed by atoms with van der Waals surface area (Å²) in [6.07, 6.45) is 11.6. The second kappa shape index (κ2) is 8.61. The van der Waals surface area contributed by atoms with Gasteiger partial charge in [-0.3, -0.25) is 14.8 Å².